The molecule has 0 aromatic carbocycles. The SMILES string of the molecule is COc1c(C)cnc(Cn2nc3c4c(nc(N)nc42)SCC(CCN2CCC2)=C3)c1C. The number of hydrogen-bond donors (Lipinski definition) is 1. The van der Waals surface area contributed by atoms with E-state index in [1.54, 1.807) is 18.9 Å². The molecule has 5 heterocycles. The van der Waals surface area contributed by atoms with Crippen molar-refractivity contribution in [1.29, 1.82) is 0 Å². The lowest BCUT2D eigenvalue weighted by atomic mass is 10.1. The fourth-order valence-corrected chi connectivity index (χ4v) is 5.27. The predicted molar refractivity (Wildman–Crippen MR) is 123 cm³/mol. The predicted octanol–water partition coefficient (Wildman–Crippen LogP) is 3.06. The number of anilines is 1. The third kappa shape index (κ3) is 3.76. The number of aromatic nitrogens is 5. The van der Waals surface area contributed by atoms with Crippen molar-refractivity contribution >= 4 is 34.8 Å². The van der Waals surface area contributed by atoms with Crippen molar-refractivity contribution in [3.8, 4) is 5.75 Å². The molecule has 0 saturated carbocycles. The summed E-state index contributed by atoms with van der Waals surface area (Å²) >= 11 is 1.73. The zero-order valence-corrected chi connectivity index (χ0v) is 19.0. The lowest BCUT2D eigenvalue weighted by molar-refractivity contribution is 0.184. The van der Waals surface area contributed by atoms with Gasteiger partial charge in [-0.15, -0.1) is 11.8 Å². The number of rotatable bonds is 6. The number of nitrogen functional groups attached to an aromatic ring is 1. The maximum atomic E-state index is 6.07. The van der Waals surface area contributed by atoms with E-state index in [1.807, 2.05) is 24.7 Å². The average Bonchev–Trinajstić information content (AvgIpc) is 2.93. The molecular formula is C22H27N7OS. The fraction of sp³-hybridized carbons (Fsp3) is 0.455. The molecule has 9 heteroatoms. The number of nitrogens with zero attached hydrogens (tertiary/aromatic N) is 6. The van der Waals surface area contributed by atoms with Crippen LogP contribution < -0.4 is 10.5 Å². The maximum Gasteiger partial charge on any atom is 0.223 e. The molecule has 0 unspecified atom stereocenters. The van der Waals surface area contributed by atoms with Crippen LogP contribution in [0.1, 0.15) is 35.4 Å². The minimum absolute atomic E-state index is 0.276. The van der Waals surface area contributed by atoms with Crippen LogP contribution in [0.4, 0.5) is 5.95 Å². The van der Waals surface area contributed by atoms with Crippen LogP contribution >= 0.6 is 11.8 Å². The van der Waals surface area contributed by atoms with Gasteiger partial charge in [-0.2, -0.15) is 10.1 Å². The zero-order chi connectivity index (χ0) is 21.5. The molecule has 0 bridgehead atoms. The van der Waals surface area contributed by atoms with Crippen LogP contribution in [0.15, 0.2) is 16.8 Å². The standard InChI is InChI=1S/C22H27N7OS/c1-13-10-24-17(14(2)19(13)30-3)11-29-20-18-16(27-29)9-15(5-8-28-6-4-7-28)12-31-21(18)26-22(23)25-20/h9-10H,4-8,11-12H2,1-3H3,(H2,23,25,26). The van der Waals surface area contributed by atoms with Crippen LogP contribution in [0, 0.1) is 13.8 Å². The molecule has 1 fully saturated rings. The molecule has 2 aliphatic heterocycles. The Hall–Kier alpha value is -2.65. The summed E-state index contributed by atoms with van der Waals surface area (Å²) < 4.78 is 7.47. The normalized spacial score (nSPS) is 16.2. The second-order valence-electron chi connectivity index (χ2n) is 8.21. The topological polar surface area (TPSA) is 95.0 Å². The van der Waals surface area contributed by atoms with Crippen LogP contribution in [-0.4, -0.2) is 62.1 Å². The molecule has 3 aromatic rings. The Morgan fingerprint density at radius 3 is 2.81 bits per heavy atom. The third-order valence-corrected chi connectivity index (χ3v) is 7.17. The first-order valence-corrected chi connectivity index (χ1v) is 11.6. The van der Waals surface area contributed by atoms with Crippen molar-refractivity contribution in [2.24, 2.45) is 0 Å². The van der Waals surface area contributed by atoms with Gasteiger partial charge in [-0.1, -0.05) is 5.57 Å². The van der Waals surface area contributed by atoms with E-state index in [1.165, 1.54) is 25.1 Å². The molecule has 0 atom stereocenters. The van der Waals surface area contributed by atoms with Crippen molar-refractivity contribution in [2.75, 3.05) is 38.2 Å². The van der Waals surface area contributed by atoms with E-state index < -0.39 is 0 Å². The Balaban J connectivity index is 1.53. The molecule has 5 rings (SSSR count). The number of thioether (sulfide) groups is 1. The number of pyridine rings is 1. The molecule has 2 N–H and O–H groups in total. The number of likely N-dealkylation sites (tertiary alicyclic amines) is 1. The van der Waals surface area contributed by atoms with Gasteiger partial charge in [-0.05, 0) is 45.9 Å². The fourth-order valence-electron chi connectivity index (χ4n) is 4.22. The molecule has 2 aliphatic rings. The summed E-state index contributed by atoms with van der Waals surface area (Å²) in [6.07, 6.45) is 6.43. The quantitative estimate of drug-likeness (QED) is 0.588. The van der Waals surface area contributed by atoms with Gasteiger partial charge in [0.25, 0.3) is 0 Å². The minimum Gasteiger partial charge on any atom is -0.496 e. The van der Waals surface area contributed by atoms with Crippen LogP contribution in [-0.2, 0) is 6.54 Å². The highest BCUT2D eigenvalue weighted by atomic mass is 32.2. The number of hydrogen-bond acceptors (Lipinski definition) is 8. The van der Waals surface area contributed by atoms with Gasteiger partial charge >= 0.3 is 0 Å². The molecule has 0 amide bonds. The smallest absolute Gasteiger partial charge is 0.223 e. The van der Waals surface area contributed by atoms with Gasteiger partial charge in [-0.3, -0.25) is 4.98 Å². The van der Waals surface area contributed by atoms with Crippen molar-refractivity contribution < 1.29 is 4.74 Å². The van der Waals surface area contributed by atoms with E-state index >= 15 is 0 Å². The van der Waals surface area contributed by atoms with Crippen molar-refractivity contribution in [2.45, 2.75) is 38.3 Å². The second-order valence-corrected chi connectivity index (χ2v) is 9.18. The first-order chi connectivity index (χ1) is 15.0. The van der Waals surface area contributed by atoms with Crippen LogP contribution in [0.5, 0.6) is 5.75 Å². The molecule has 1 saturated heterocycles. The molecule has 0 aliphatic carbocycles. The number of nitrogens with two attached hydrogens (primary N) is 1. The van der Waals surface area contributed by atoms with Gasteiger partial charge in [0.2, 0.25) is 5.95 Å². The van der Waals surface area contributed by atoms with Crippen LogP contribution in [0.3, 0.4) is 0 Å². The third-order valence-electron chi connectivity index (χ3n) is 6.09. The molecule has 0 spiro atoms. The van der Waals surface area contributed by atoms with Crippen LogP contribution in [0.2, 0.25) is 0 Å². The second kappa shape index (κ2) is 8.12. The van der Waals surface area contributed by atoms with Gasteiger partial charge in [0.05, 0.1) is 30.4 Å². The molecule has 31 heavy (non-hydrogen) atoms. The molecule has 3 aromatic heterocycles. The summed E-state index contributed by atoms with van der Waals surface area (Å²) in [6.45, 7) is 8.06. The average molecular weight is 438 g/mol. The summed E-state index contributed by atoms with van der Waals surface area (Å²) in [7, 11) is 1.69. The summed E-state index contributed by atoms with van der Waals surface area (Å²) in [6, 6.07) is 0. The van der Waals surface area contributed by atoms with E-state index in [2.05, 4.69) is 25.9 Å². The van der Waals surface area contributed by atoms with Crippen LogP contribution in [0.25, 0.3) is 17.1 Å². The van der Waals surface area contributed by atoms with Crippen molar-refractivity contribution in [3.05, 3.63) is 34.3 Å². The monoisotopic (exact) mass is 437 g/mol. The largest absolute Gasteiger partial charge is 0.496 e. The summed E-state index contributed by atoms with van der Waals surface area (Å²) in [5.74, 6) is 2.05. The lowest BCUT2D eigenvalue weighted by Crippen LogP contribution is -2.37. The number of aryl methyl sites for hydroxylation is 1. The van der Waals surface area contributed by atoms with Crippen molar-refractivity contribution in [3.63, 3.8) is 0 Å². The summed E-state index contributed by atoms with van der Waals surface area (Å²) in [5, 5.41) is 6.81. The van der Waals surface area contributed by atoms with E-state index in [4.69, 9.17) is 15.6 Å². The number of methoxy groups -OCH3 is 1. The van der Waals surface area contributed by atoms with E-state index in [0.717, 1.165) is 63.0 Å². The lowest BCUT2D eigenvalue weighted by Gasteiger charge is -2.30. The van der Waals surface area contributed by atoms with Gasteiger partial charge in [0, 0.05) is 29.6 Å². The first kappa shape index (κ1) is 20.3. The van der Waals surface area contributed by atoms with Gasteiger partial charge in [0.15, 0.2) is 5.65 Å². The Labute approximate surface area is 185 Å². The minimum atomic E-state index is 0.276. The van der Waals surface area contributed by atoms with E-state index in [-0.39, 0.29) is 5.95 Å². The Morgan fingerprint density at radius 1 is 1.23 bits per heavy atom. The van der Waals surface area contributed by atoms with Gasteiger partial charge in [0.1, 0.15) is 10.8 Å². The Kier molecular flexibility index (Phi) is 5.31. The summed E-state index contributed by atoms with van der Waals surface area (Å²) in [5.41, 5.74) is 12.1. The first-order valence-electron chi connectivity index (χ1n) is 10.6. The van der Waals surface area contributed by atoms with Crippen molar-refractivity contribution in [1.82, 2.24) is 29.6 Å². The maximum absolute atomic E-state index is 6.07. The molecule has 8 nitrogen and oxygen atoms in total. The van der Waals surface area contributed by atoms with Gasteiger partial charge in [-0.25, -0.2) is 9.67 Å². The zero-order valence-electron chi connectivity index (χ0n) is 18.2. The number of ether oxygens (including phenoxy) is 1. The Bertz CT molecular complexity index is 1180. The molecular weight excluding hydrogens is 410 g/mol. The molecule has 162 valence electrons. The van der Waals surface area contributed by atoms with Gasteiger partial charge < -0.3 is 15.4 Å². The van der Waals surface area contributed by atoms with E-state index in [0.29, 0.717) is 6.54 Å². The molecule has 0 radical (unpaired) electrons. The summed E-state index contributed by atoms with van der Waals surface area (Å²) in [4.78, 5) is 16.2. The van der Waals surface area contributed by atoms with E-state index in [9.17, 15) is 0 Å². The highest BCUT2D eigenvalue weighted by Crippen LogP contribution is 2.36. The highest BCUT2D eigenvalue weighted by molar-refractivity contribution is 7.99. The highest BCUT2D eigenvalue weighted by Gasteiger charge is 2.23. The Morgan fingerprint density at radius 2 is 2.06 bits per heavy atom.